The van der Waals surface area contributed by atoms with Crippen molar-refractivity contribution in [3.8, 4) is 11.1 Å². The van der Waals surface area contributed by atoms with Gasteiger partial charge in [0.15, 0.2) is 0 Å². The number of carbonyl (C=O) groups is 1. The molecule has 0 spiro atoms. The van der Waals surface area contributed by atoms with Gasteiger partial charge < -0.3 is 4.74 Å². The van der Waals surface area contributed by atoms with Crippen molar-refractivity contribution in [1.29, 1.82) is 0 Å². The first-order chi connectivity index (χ1) is 15.5. The Morgan fingerprint density at radius 3 is 2.38 bits per heavy atom. The molecule has 3 aromatic rings. The van der Waals surface area contributed by atoms with Gasteiger partial charge in [0.1, 0.15) is 17.7 Å². The molecule has 2 atom stereocenters. The summed E-state index contributed by atoms with van der Waals surface area (Å²) in [5.41, 5.74) is 2.54. The molecule has 1 saturated heterocycles. The number of halogens is 2. The van der Waals surface area contributed by atoms with Gasteiger partial charge in [-0.25, -0.2) is 13.6 Å². The molecule has 164 valence electrons. The highest BCUT2D eigenvalue weighted by Crippen LogP contribution is 2.48. The van der Waals surface area contributed by atoms with Crippen molar-refractivity contribution < 1.29 is 18.3 Å². The number of anilines is 1. The molecular formula is C26H24F2N2O2. The highest BCUT2D eigenvalue weighted by atomic mass is 19.1. The van der Waals surface area contributed by atoms with Crippen LogP contribution in [0.4, 0.5) is 19.3 Å². The highest BCUT2D eigenvalue weighted by molar-refractivity contribution is 5.93. The van der Waals surface area contributed by atoms with E-state index < -0.39 is 17.7 Å². The summed E-state index contributed by atoms with van der Waals surface area (Å²) in [6.07, 6.45) is -0.541. The van der Waals surface area contributed by atoms with E-state index in [4.69, 9.17) is 4.74 Å². The first-order valence-electron chi connectivity index (χ1n) is 10.8. The average molecular weight is 434 g/mol. The van der Waals surface area contributed by atoms with Crippen LogP contribution in [-0.2, 0) is 11.3 Å². The van der Waals surface area contributed by atoms with E-state index >= 15 is 0 Å². The molecule has 1 saturated carbocycles. The van der Waals surface area contributed by atoms with E-state index in [1.54, 1.807) is 31.3 Å². The Balaban J connectivity index is 1.23. The third-order valence-corrected chi connectivity index (χ3v) is 6.44. The number of benzene rings is 3. The summed E-state index contributed by atoms with van der Waals surface area (Å²) in [6, 6.07) is 20.8. The lowest BCUT2D eigenvalue weighted by molar-refractivity contribution is 0.120. The van der Waals surface area contributed by atoms with Gasteiger partial charge in [0.2, 0.25) is 0 Å². The zero-order chi connectivity index (χ0) is 22.2. The van der Waals surface area contributed by atoms with Crippen molar-refractivity contribution >= 4 is 11.8 Å². The van der Waals surface area contributed by atoms with Gasteiger partial charge >= 0.3 is 6.09 Å². The summed E-state index contributed by atoms with van der Waals surface area (Å²) in [7, 11) is 1.61. The van der Waals surface area contributed by atoms with Crippen molar-refractivity contribution in [1.82, 2.24) is 4.90 Å². The van der Waals surface area contributed by atoms with Crippen LogP contribution in [0.2, 0.25) is 0 Å². The van der Waals surface area contributed by atoms with E-state index in [2.05, 4.69) is 17.0 Å². The highest BCUT2D eigenvalue weighted by Gasteiger charge is 2.58. The third kappa shape index (κ3) is 3.98. The molecule has 2 unspecified atom stereocenters. The van der Waals surface area contributed by atoms with Crippen LogP contribution in [0.1, 0.15) is 5.56 Å². The summed E-state index contributed by atoms with van der Waals surface area (Å²) in [5, 5.41) is 0. The monoisotopic (exact) mass is 434 g/mol. The van der Waals surface area contributed by atoms with Gasteiger partial charge in [0.05, 0.1) is 5.69 Å². The maximum Gasteiger partial charge on any atom is 0.414 e. The molecule has 1 aliphatic heterocycles. The SMILES string of the molecule is CN(C(=O)OC1C2CN(Cc3ccccc3)CC21)c1ccccc1-c1ccc(F)cc1F. The topological polar surface area (TPSA) is 32.8 Å². The van der Waals surface area contributed by atoms with Crippen molar-refractivity contribution in [2.75, 3.05) is 25.0 Å². The summed E-state index contributed by atoms with van der Waals surface area (Å²) < 4.78 is 33.5. The van der Waals surface area contributed by atoms with E-state index in [1.807, 2.05) is 18.2 Å². The minimum absolute atomic E-state index is 0.0771. The zero-order valence-electron chi connectivity index (χ0n) is 17.7. The number of ether oxygens (including phenoxy) is 1. The number of carbonyl (C=O) groups excluding carboxylic acids is 1. The van der Waals surface area contributed by atoms with Gasteiger partial charge in [0, 0.05) is 55.7 Å². The van der Waals surface area contributed by atoms with E-state index in [-0.39, 0.29) is 11.7 Å². The minimum atomic E-state index is -0.672. The van der Waals surface area contributed by atoms with Crippen LogP contribution >= 0.6 is 0 Å². The maximum absolute atomic E-state index is 14.4. The van der Waals surface area contributed by atoms with Gasteiger partial charge in [-0.3, -0.25) is 9.80 Å². The molecule has 2 fully saturated rings. The minimum Gasteiger partial charge on any atom is -0.445 e. The molecule has 0 radical (unpaired) electrons. The molecule has 3 aromatic carbocycles. The third-order valence-electron chi connectivity index (χ3n) is 6.44. The zero-order valence-corrected chi connectivity index (χ0v) is 17.7. The number of likely N-dealkylation sites (tertiary alicyclic amines) is 1. The number of hydrogen-bond acceptors (Lipinski definition) is 3. The Hall–Kier alpha value is -3.25. The maximum atomic E-state index is 14.4. The number of fused-ring (bicyclic) bond motifs is 1. The van der Waals surface area contributed by atoms with Crippen molar-refractivity contribution in [3.05, 3.63) is 90.0 Å². The van der Waals surface area contributed by atoms with E-state index in [9.17, 15) is 13.6 Å². The number of nitrogens with zero attached hydrogens (tertiary/aromatic N) is 2. The molecule has 1 amide bonds. The van der Waals surface area contributed by atoms with Crippen molar-refractivity contribution in [3.63, 3.8) is 0 Å². The molecule has 5 rings (SSSR count). The first-order valence-corrected chi connectivity index (χ1v) is 10.8. The Kier molecular flexibility index (Phi) is 5.39. The van der Waals surface area contributed by atoms with Gasteiger partial charge in [-0.15, -0.1) is 0 Å². The number of para-hydroxylation sites is 1. The van der Waals surface area contributed by atoms with Crippen LogP contribution in [-0.4, -0.2) is 37.2 Å². The number of hydrogen-bond donors (Lipinski definition) is 0. The Bertz CT molecular complexity index is 1130. The molecule has 2 aliphatic rings. The summed E-state index contributed by atoms with van der Waals surface area (Å²) in [4.78, 5) is 16.6. The average Bonchev–Trinajstić information content (AvgIpc) is 3.23. The molecule has 4 nitrogen and oxygen atoms in total. The standard InChI is InChI=1S/C26H24F2N2O2/c1-29(24-10-6-5-9-20(24)19-12-11-18(27)13-23(19)28)26(31)32-25-21-15-30(16-22(21)25)14-17-7-3-2-4-8-17/h2-13,21-22,25H,14-16H2,1H3. The Labute approximate surface area is 186 Å². The first kappa shape index (κ1) is 20.6. The van der Waals surface area contributed by atoms with E-state index in [0.29, 0.717) is 23.1 Å². The van der Waals surface area contributed by atoms with Crippen LogP contribution in [0.25, 0.3) is 11.1 Å². The fourth-order valence-electron chi connectivity index (χ4n) is 4.70. The summed E-state index contributed by atoms with van der Waals surface area (Å²) in [6.45, 7) is 2.74. The van der Waals surface area contributed by atoms with Gasteiger partial charge in [-0.1, -0.05) is 48.5 Å². The lowest BCUT2D eigenvalue weighted by Crippen LogP contribution is -2.32. The van der Waals surface area contributed by atoms with Crippen molar-refractivity contribution in [2.45, 2.75) is 12.6 Å². The second-order valence-corrected chi connectivity index (χ2v) is 8.56. The van der Waals surface area contributed by atoms with Crippen LogP contribution in [0.3, 0.4) is 0 Å². The van der Waals surface area contributed by atoms with Crippen LogP contribution in [0, 0.1) is 23.5 Å². The molecule has 6 heteroatoms. The lowest BCUT2D eigenvalue weighted by Gasteiger charge is -2.23. The van der Waals surface area contributed by atoms with Crippen LogP contribution in [0.15, 0.2) is 72.8 Å². The molecular weight excluding hydrogens is 410 g/mol. The number of amides is 1. The second kappa shape index (κ2) is 8.36. The summed E-state index contributed by atoms with van der Waals surface area (Å²) in [5.74, 6) is -0.589. The van der Waals surface area contributed by atoms with Crippen molar-refractivity contribution in [2.24, 2.45) is 11.8 Å². The Morgan fingerprint density at radius 1 is 0.969 bits per heavy atom. The summed E-state index contributed by atoms with van der Waals surface area (Å²) >= 11 is 0. The number of rotatable bonds is 5. The fourth-order valence-corrected chi connectivity index (χ4v) is 4.70. The number of piperidine rings is 1. The molecule has 0 N–H and O–H groups in total. The Morgan fingerprint density at radius 2 is 1.66 bits per heavy atom. The van der Waals surface area contributed by atoms with E-state index in [1.165, 1.54) is 22.6 Å². The van der Waals surface area contributed by atoms with Gasteiger partial charge in [0.25, 0.3) is 0 Å². The predicted octanol–water partition coefficient (Wildman–Crippen LogP) is 5.34. The largest absolute Gasteiger partial charge is 0.445 e. The van der Waals surface area contributed by atoms with Crippen LogP contribution < -0.4 is 4.90 Å². The van der Waals surface area contributed by atoms with Gasteiger partial charge in [-0.05, 0) is 23.8 Å². The molecule has 0 bridgehead atoms. The quantitative estimate of drug-likeness (QED) is 0.544. The molecule has 1 aliphatic carbocycles. The molecule has 1 heterocycles. The predicted molar refractivity (Wildman–Crippen MR) is 119 cm³/mol. The second-order valence-electron chi connectivity index (χ2n) is 8.56. The smallest absolute Gasteiger partial charge is 0.414 e. The normalized spacial score (nSPS) is 21.8. The van der Waals surface area contributed by atoms with Crippen LogP contribution in [0.5, 0.6) is 0 Å². The molecule has 32 heavy (non-hydrogen) atoms. The molecule has 0 aromatic heterocycles. The van der Waals surface area contributed by atoms with E-state index in [0.717, 1.165) is 25.7 Å². The lowest BCUT2D eigenvalue weighted by atomic mass is 10.0. The van der Waals surface area contributed by atoms with Gasteiger partial charge in [-0.2, -0.15) is 0 Å². The fraction of sp³-hybridized carbons (Fsp3) is 0.269.